The second kappa shape index (κ2) is 5.17. The van der Waals surface area contributed by atoms with E-state index >= 15 is 0 Å². The molecule has 0 saturated heterocycles. The fraction of sp³-hybridized carbons (Fsp3) is 0.154. The third-order valence-electron chi connectivity index (χ3n) is 2.94. The number of nitrogens with one attached hydrogen (secondary N) is 1. The van der Waals surface area contributed by atoms with E-state index < -0.39 is 0 Å². The first-order valence-corrected chi connectivity index (χ1v) is 6.90. The van der Waals surface area contributed by atoms with Crippen molar-refractivity contribution in [3.05, 3.63) is 56.9 Å². The van der Waals surface area contributed by atoms with Crippen molar-refractivity contribution in [2.75, 3.05) is 6.54 Å². The number of hydrogen-bond acceptors (Lipinski definition) is 3. The monoisotopic (exact) mass is 313 g/mol. The maximum Gasteiger partial charge on any atom is 0.145 e. The molecule has 0 amide bonds. The molecule has 1 N–H and O–H groups in total. The molecule has 0 saturated carbocycles. The molecule has 0 fully saturated rings. The molecule has 1 aromatic rings. The molecule has 0 atom stereocenters. The maximum atomic E-state index is 6.20. The van der Waals surface area contributed by atoms with Crippen LogP contribution in [0.3, 0.4) is 0 Å². The summed E-state index contributed by atoms with van der Waals surface area (Å²) in [5.41, 5.74) is 4.80. The predicted molar refractivity (Wildman–Crippen MR) is 79.5 cm³/mol. The zero-order chi connectivity index (χ0) is 13.4. The zero-order valence-electron chi connectivity index (χ0n) is 9.83. The zero-order valence-corrected chi connectivity index (χ0v) is 12.1. The van der Waals surface area contributed by atoms with Crippen LogP contribution in [0.2, 0.25) is 10.0 Å². The SMILES string of the molecule is ClC1=CC(Cc2c(Cl)cccc2Cl)=NC2=CCNN12. The van der Waals surface area contributed by atoms with Crippen molar-refractivity contribution in [2.45, 2.75) is 6.42 Å². The smallest absolute Gasteiger partial charge is 0.145 e. The summed E-state index contributed by atoms with van der Waals surface area (Å²) in [7, 11) is 0. The lowest BCUT2D eigenvalue weighted by Crippen LogP contribution is -2.31. The molecule has 98 valence electrons. The van der Waals surface area contributed by atoms with Crippen LogP contribution in [-0.2, 0) is 6.42 Å². The molecule has 1 aromatic carbocycles. The molecule has 0 aromatic heterocycles. The molecule has 2 aliphatic rings. The summed E-state index contributed by atoms with van der Waals surface area (Å²) in [4.78, 5) is 4.53. The van der Waals surface area contributed by atoms with Crippen LogP contribution in [0.15, 0.2) is 46.3 Å². The molecule has 3 rings (SSSR count). The molecule has 0 radical (unpaired) electrons. The van der Waals surface area contributed by atoms with Gasteiger partial charge in [0.2, 0.25) is 0 Å². The minimum Gasteiger partial charge on any atom is -0.248 e. The first-order valence-electron chi connectivity index (χ1n) is 5.76. The van der Waals surface area contributed by atoms with Crippen LogP contribution < -0.4 is 5.43 Å². The van der Waals surface area contributed by atoms with Crippen molar-refractivity contribution in [1.82, 2.24) is 10.4 Å². The van der Waals surface area contributed by atoms with Crippen molar-refractivity contribution in [3.63, 3.8) is 0 Å². The van der Waals surface area contributed by atoms with E-state index in [4.69, 9.17) is 34.8 Å². The number of allylic oxidation sites excluding steroid dienone is 1. The number of aliphatic imine (C=N–C) groups is 1. The number of hydrazine groups is 1. The standard InChI is InChI=1S/C13H10Cl3N3/c14-10-2-1-3-11(15)9(10)6-8-7-12(16)19-13(18-8)4-5-17-19/h1-4,7,17H,5-6H2. The minimum absolute atomic E-state index is 0.555. The van der Waals surface area contributed by atoms with Gasteiger partial charge in [-0.15, -0.1) is 0 Å². The average molecular weight is 315 g/mol. The van der Waals surface area contributed by atoms with Gasteiger partial charge in [-0.05, 0) is 29.8 Å². The van der Waals surface area contributed by atoms with E-state index in [0.717, 1.165) is 23.6 Å². The summed E-state index contributed by atoms with van der Waals surface area (Å²) in [6.45, 7) is 0.725. The van der Waals surface area contributed by atoms with Gasteiger partial charge in [0, 0.05) is 23.0 Å². The van der Waals surface area contributed by atoms with Crippen LogP contribution in [0.5, 0.6) is 0 Å². The summed E-state index contributed by atoms with van der Waals surface area (Å²) in [6.07, 6.45) is 4.35. The lowest BCUT2D eigenvalue weighted by Gasteiger charge is -2.23. The van der Waals surface area contributed by atoms with Crippen LogP contribution in [0.4, 0.5) is 0 Å². The highest BCUT2D eigenvalue weighted by Gasteiger charge is 2.22. The molecule has 3 nitrogen and oxygen atoms in total. The van der Waals surface area contributed by atoms with Gasteiger partial charge in [0.05, 0.1) is 5.71 Å². The van der Waals surface area contributed by atoms with E-state index in [-0.39, 0.29) is 0 Å². The molecule has 0 unspecified atom stereocenters. The fourth-order valence-corrected chi connectivity index (χ4v) is 2.84. The van der Waals surface area contributed by atoms with Gasteiger partial charge in [0.1, 0.15) is 11.0 Å². The number of fused-ring (bicyclic) bond motifs is 1. The molecular formula is C13H10Cl3N3. The van der Waals surface area contributed by atoms with Gasteiger partial charge in [-0.1, -0.05) is 40.9 Å². The lowest BCUT2D eigenvalue weighted by atomic mass is 10.1. The average Bonchev–Trinajstić information content (AvgIpc) is 2.83. The largest absolute Gasteiger partial charge is 0.248 e. The van der Waals surface area contributed by atoms with Crippen LogP contribution >= 0.6 is 34.8 Å². The summed E-state index contributed by atoms with van der Waals surface area (Å²) in [5, 5.41) is 3.62. The lowest BCUT2D eigenvalue weighted by molar-refractivity contribution is 0.371. The van der Waals surface area contributed by atoms with Gasteiger partial charge in [-0.2, -0.15) is 0 Å². The molecule has 6 heteroatoms. The Morgan fingerprint density at radius 2 is 1.95 bits per heavy atom. The maximum absolute atomic E-state index is 6.20. The van der Waals surface area contributed by atoms with Gasteiger partial charge < -0.3 is 0 Å². The number of halogens is 3. The fourth-order valence-electron chi connectivity index (χ4n) is 2.04. The first-order chi connectivity index (χ1) is 9.15. The Morgan fingerprint density at radius 3 is 2.68 bits per heavy atom. The quantitative estimate of drug-likeness (QED) is 0.842. The predicted octanol–water partition coefficient (Wildman–Crippen LogP) is 3.73. The molecule has 0 bridgehead atoms. The molecule has 2 aliphatic heterocycles. The molecule has 2 heterocycles. The van der Waals surface area contributed by atoms with E-state index in [0.29, 0.717) is 21.6 Å². The second-order valence-corrected chi connectivity index (χ2v) is 5.41. The topological polar surface area (TPSA) is 27.6 Å². The summed E-state index contributed by atoms with van der Waals surface area (Å²) in [5.74, 6) is 0.811. The third-order valence-corrected chi connectivity index (χ3v) is 3.93. The normalized spacial score (nSPS) is 17.8. The van der Waals surface area contributed by atoms with Gasteiger partial charge in [-0.3, -0.25) is 0 Å². The van der Waals surface area contributed by atoms with Crippen molar-refractivity contribution in [2.24, 2.45) is 4.99 Å². The molecular weight excluding hydrogens is 305 g/mol. The third kappa shape index (κ3) is 2.51. The number of nitrogens with zero attached hydrogens (tertiary/aromatic N) is 2. The van der Waals surface area contributed by atoms with E-state index in [1.807, 2.05) is 30.4 Å². The summed E-state index contributed by atoms with van der Waals surface area (Å²) < 4.78 is 0. The van der Waals surface area contributed by atoms with Crippen molar-refractivity contribution >= 4 is 40.5 Å². The second-order valence-electron chi connectivity index (χ2n) is 4.21. The van der Waals surface area contributed by atoms with Crippen LogP contribution in [0.25, 0.3) is 0 Å². The Hall–Kier alpha value is -1.00. The first kappa shape index (κ1) is 13.0. The van der Waals surface area contributed by atoms with Crippen molar-refractivity contribution < 1.29 is 0 Å². The van der Waals surface area contributed by atoms with E-state index in [1.165, 1.54) is 0 Å². The molecule has 0 aliphatic carbocycles. The summed E-state index contributed by atoms with van der Waals surface area (Å²) >= 11 is 18.5. The highest BCUT2D eigenvalue weighted by Crippen LogP contribution is 2.28. The van der Waals surface area contributed by atoms with E-state index in [1.54, 1.807) is 5.01 Å². The number of hydrogen-bond donors (Lipinski definition) is 1. The van der Waals surface area contributed by atoms with Gasteiger partial charge in [0.15, 0.2) is 0 Å². The van der Waals surface area contributed by atoms with Crippen LogP contribution in [0, 0.1) is 0 Å². The highest BCUT2D eigenvalue weighted by molar-refractivity contribution is 6.36. The van der Waals surface area contributed by atoms with Gasteiger partial charge in [-0.25, -0.2) is 15.4 Å². The molecule has 19 heavy (non-hydrogen) atoms. The van der Waals surface area contributed by atoms with Gasteiger partial charge in [0.25, 0.3) is 0 Å². The van der Waals surface area contributed by atoms with Crippen molar-refractivity contribution in [1.29, 1.82) is 0 Å². The highest BCUT2D eigenvalue weighted by atomic mass is 35.5. The Labute approximate surface area is 126 Å². The Kier molecular flexibility index (Phi) is 3.54. The number of benzene rings is 1. The Bertz CT molecular complexity index is 599. The Morgan fingerprint density at radius 1 is 1.21 bits per heavy atom. The van der Waals surface area contributed by atoms with Crippen LogP contribution in [0.1, 0.15) is 5.56 Å². The van der Waals surface area contributed by atoms with E-state index in [2.05, 4.69) is 10.4 Å². The summed E-state index contributed by atoms with van der Waals surface area (Å²) in [6, 6.07) is 5.46. The van der Waals surface area contributed by atoms with Crippen LogP contribution in [-0.4, -0.2) is 17.3 Å². The van der Waals surface area contributed by atoms with Crippen molar-refractivity contribution in [3.8, 4) is 0 Å². The van der Waals surface area contributed by atoms with Gasteiger partial charge >= 0.3 is 0 Å². The molecule has 0 spiro atoms. The number of rotatable bonds is 2. The minimum atomic E-state index is 0.555. The Balaban J connectivity index is 1.92. The van der Waals surface area contributed by atoms with E-state index in [9.17, 15) is 0 Å².